The van der Waals surface area contributed by atoms with Gasteiger partial charge in [-0.15, -0.1) is 0 Å². The highest BCUT2D eigenvalue weighted by Gasteiger charge is 2.18. The Morgan fingerprint density at radius 1 is 1.10 bits per heavy atom. The van der Waals surface area contributed by atoms with Crippen molar-refractivity contribution in [3.8, 4) is 11.5 Å². The minimum atomic E-state index is 0.0752. The van der Waals surface area contributed by atoms with Crippen LogP contribution in [0.15, 0.2) is 18.2 Å². The lowest BCUT2D eigenvalue weighted by atomic mass is 10.1. The molecule has 1 unspecified atom stereocenters. The van der Waals surface area contributed by atoms with E-state index in [1.807, 2.05) is 12.1 Å². The summed E-state index contributed by atoms with van der Waals surface area (Å²) in [7, 11) is 4.95. The Hall–Kier alpha value is -1.30. The van der Waals surface area contributed by atoms with Crippen LogP contribution in [0.3, 0.4) is 0 Å². The second-order valence-electron chi connectivity index (χ2n) is 4.62. The van der Waals surface area contributed by atoms with Crippen LogP contribution < -0.4 is 4.74 Å². The van der Waals surface area contributed by atoms with Gasteiger partial charge in [0.15, 0.2) is 0 Å². The van der Waals surface area contributed by atoms with Gasteiger partial charge in [0.2, 0.25) is 0 Å². The van der Waals surface area contributed by atoms with Gasteiger partial charge in [-0.2, -0.15) is 0 Å². The highest BCUT2D eigenvalue weighted by atomic mass is 16.5. The molecule has 0 radical (unpaired) electrons. The van der Waals surface area contributed by atoms with Crippen LogP contribution in [0.5, 0.6) is 11.5 Å². The first kappa shape index (κ1) is 16.8. The summed E-state index contributed by atoms with van der Waals surface area (Å²) >= 11 is 0. The van der Waals surface area contributed by atoms with Crippen LogP contribution in [0.25, 0.3) is 0 Å². The van der Waals surface area contributed by atoms with Crippen LogP contribution in [-0.2, 0) is 9.47 Å². The maximum absolute atomic E-state index is 10.1. The Kier molecular flexibility index (Phi) is 7.36. The molecule has 20 heavy (non-hydrogen) atoms. The fourth-order valence-corrected chi connectivity index (χ4v) is 2.12. The van der Waals surface area contributed by atoms with Gasteiger partial charge < -0.3 is 19.3 Å². The van der Waals surface area contributed by atoms with E-state index in [-0.39, 0.29) is 11.8 Å². The molecular formula is C15H25NO4. The normalized spacial score (nSPS) is 12.7. The fraction of sp³-hybridized carbons (Fsp3) is 0.600. The Bertz CT molecular complexity index is 389. The summed E-state index contributed by atoms with van der Waals surface area (Å²) in [5.41, 5.74) is 0.873. The van der Waals surface area contributed by atoms with Crippen LogP contribution in [-0.4, -0.2) is 57.6 Å². The number of phenols is 1. The predicted molar refractivity (Wildman–Crippen MR) is 78.4 cm³/mol. The second kappa shape index (κ2) is 8.79. The number of phenolic OH excluding ortho intramolecular Hbond substituents is 1. The SMILES string of the molecule is COCCN(CCOC)C(C)c1ccc(OC)cc1O. The molecule has 0 bridgehead atoms. The fourth-order valence-electron chi connectivity index (χ4n) is 2.12. The van der Waals surface area contributed by atoms with E-state index >= 15 is 0 Å². The molecule has 114 valence electrons. The van der Waals surface area contributed by atoms with E-state index in [1.54, 1.807) is 27.4 Å². The lowest BCUT2D eigenvalue weighted by Crippen LogP contribution is -2.33. The van der Waals surface area contributed by atoms with Gasteiger partial charge in [0.1, 0.15) is 11.5 Å². The molecule has 0 aliphatic rings. The van der Waals surface area contributed by atoms with Crippen LogP contribution in [0.1, 0.15) is 18.5 Å². The number of benzene rings is 1. The van der Waals surface area contributed by atoms with Crippen molar-refractivity contribution in [2.45, 2.75) is 13.0 Å². The number of aromatic hydroxyl groups is 1. The number of hydrogen-bond acceptors (Lipinski definition) is 5. The van der Waals surface area contributed by atoms with Gasteiger partial charge in [0, 0.05) is 45.0 Å². The van der Waals surface area contributed by atoms with Gasteiger partial charge in [0.05, 0.1) is 20.3 Å². The van der Waals surface area contributed by atoms with Gasteiger partial charge in [-0.1, -0.05) is 6.07 Å². The highest BCUT2D eigenvalue weighted by Crippen LogP contribution is 2.31. The lowest BCUT2D eigenvalue weighted by molar-refractivity contribution is 0.0912. The maximum atomic E-state index is 10.1. The molecule has 0 aliphatic heterocycles. The Morgan fingerprint density at radius 3 is 2.15 bits per heavy atom. The summed E-state index contributed by atoms with van der Waals surface area (Å²) in [5, 5.41) is 10.1. The molecule has 0 saturated heterocycles. The monoisotopic (exact) mass is 283 g/mol. The third kappa shape index (κ3) is 4.67. The van der Waals surface area contributed by atoms with Crippen molar-refractivity contribution in [3.63, 3.8) is 0 Å². The minimum Gasteiger partial charge on any atom is -0.507 e. The molecular weight excluding hydrogens is 258 g/mol. The third-order valence-electron chi connectivity index (χ3n) is 3.40. The number of rotatable bonds is 9. The van der Waals surface area contributed by atoms with E-state index in [2.05, 4.69) is 11.8 Å². The standard InChI is InChI=1S/C15H25NO4/c1-12(16(7-9-18-2)8-10-19-3)14-6-5-13(20-4)11-15(14)17/h5-6,11-12,17H,7-10H2,1-4H3. The number of methoxy groups -OCH3 is 3. The van der Waals surface area contributed by atoms with Gasteiger partial charge in [0.25, 0.3) is 0 Å². The molecule has 5 nitrogen and oxygen atoms in total. The Morgan fingerprint density at radius 2 is 1.70 bits per heavy atom. The van der Waals surface area contributed by atoms with E-state index < -0.39 is 0 Å². The van der Waals surface area contributed by atoms with E-state index in [1.165, 1.54) is 0 Å². The van der Waals surface area contributed by atoms with Crippen LogP contribution in [0.2, 0.25) is 0 Å². The van der Waals surface area contributed by atoms with Gasteiger partial charge in [-0.3, -0.25) is 4.90 Å². The Balaban J connectivity index is 2.83. The smallest absolute Gasteiger partial charge is 0.124 e. The quantitative estimate of drug-likeness (QED) is 0.752. The molecule has 0 saturated carbocycles. The summed E-state index contributed by atoms with van der Waals surface area (Å²) in [5.74, 6) is 0.899. The summed E-state index contributed by atoms with van der Waals surface area (Å²) in [6.07, 6.45) is 0. The second-order valence-corrected chi connectivity index (χ2v) is 4.62. The molecule has 1 rings (SSSR count). The number of nitrogens with zero attached hydrogens (tertiary/aromatic N) is 1. The number of ether oxygens (including phenoxy) is 3. The first-order valence-electron chi connectivity index (χ1n) is 6.72. The molecule has 0 heterocycles. The van der Waals surface area contributed by atoms with Crippen LogP contribution >= 0.6 is 0 Å². The van der Waals surface area contributed by atoms with Crippen molar-refractivity contribution in [1.29, 1.82) is 0 Å². The van der Waals surface area contributed by atoms with Gasteiger partial charge in [-0.25, -0.2) is 0 Å². The Labute approximate surface area is 121 Å². The summed E-state index contributed by atoms with van der Waals surface area (Å²) < 4.78 is 15.4. The zero-order chi connectivity index (χ0) is 15.0. The van der Waals surface area contributed by atoms with E-state index in [0.29, 0.717) is 19.0 Å². The highest BCUT2D eigenvalue weighted by molar-refractivity contribution is 5.41. The van der Waals surface area contributed by atoms with E-state index in [0.717, 1.165) is 18.7 Å². The van der Waals surface area contributed by atoms with E-state index in [9.17, 15) is 5.11 Å². The van der Waals surface area contributed by atoms with Crippen molar-refractivity contribution in [2.75, 3.05) is 47.6 Å². The molecule has 1 atom stereocenters. The predicted octanol–water partition coefficient (Wildman–Crippen LogP) is 2.06. The molecule has 0 amide bonds. The van der Waals surface area contributed by atoms with Crippen molar-refractivity contribution in [1.82, 2.24) is 4.90 Å². The largest absolute Gasteiger partial charge is 0.507 e. The van der Waals surface area contributed by atoms with Crippen molar-refractivity contribution in [3.05, 3.63) is 23.8 Å². The van der Waals surface area contributed by atoms with E-state index in [4.69, 9.17) is 14.2 Å². The lowest BCUT2D eigenvalue weighted by Gasteiger charge is -2.29. The maximum Gasteiger partial charge on any atom is 0.124 e. The molecule has 1 aromatic rings. The van der Waals surface area contributed by atoms with Crippen molar-refractivity contribution < 1.29 is 19.3 Å². The van der Waals surface area contributed by atoms with Crippen molar-refractivity contribution >= 4 is 0 Å². The molecule has 1 aromatic carbocycles. The average molecular weight is 283 g/mol. The first-order valence-corrected chi connectivity index (χ1v) is 6.72. The topological polar surface area (TPSA) is 51.2 Å². The molecule has 1 N–H and O–H groups in total. The zero-order valence-electron chi connectivity index (χ0n) is 12.8. The zero-order valence-corrected chi connectivity index (χ0v) is 12.8. The summed E-state index contributed by atoms with van der Waals surface area (Å²) in [4.78, 5) is 2.22. The van der Waals surface area contributed by atoms with Crippen molar-refractivity contribution in [2.24, 2.45) is 0 Å². The first-order chi connectivity index (χ1) is 9.63. The van der Waals surface area contributed by atoms with Crippen LogP contribution in [0.4, 0.5) is 0 Å². The minimum absolute atomic E-state index is 0.0752. The molecule has 0 spiro atoms. The molecule has 5 heteroatoms. The van der Waals surface area contributed by atoms with Gasteiger partial charge in [-0.05, 0) is 13.0 Å². The molecule has 0 aliphatic carbocycles. The third-order valence-corrected chi connectivity index (χ3v) is 3.40. The molecule has 0 aromatic heterocycles. The summed E-state index contributed by atoms with van der Waals surface area (Å²) in [6.45, 7) is 4.92. The van der Waals surface area contributed by atoms with Crippen LogP contribution in [0, 0.1) is 0 Å². The number of hydrogen-bond donors (Lipinski definition) is 1. The molecule has 0 fully saturated rings. The average Bonchev–Trinajstić information content (AvgIpc) is 2.46. The van der Waals surface area contributed by atoms with Gasteiger partial charge >= 0.3 is 0 Å². The summed E-state index contributed by atoms with van der Waals surface area (Å²) in [6, 6.07) is 5.46.